The van der Waals surface area contributed by atoms with Gasteiger partial charge in [-0.05, 0) is 19.8 Å². The molecule has 0 saturated carbocycles. The lowest BCUT2D eigenvalue weighted by Crippen LogP contribution is -2.63. The van der Waals surface area contributed by atoms with Crippen LogP contribution in [0.5, 0.6) is 0 Å². The molecule has 6 atom stereocenters. The van der Waals surface area contributed by atoms with Gasteiger partial charge in [0.15, 0.2) is 0 Å². The number of aliphatic carboxylic acids is 1. The van der Waals surface area contributed by atoms with Gasteiger partial charge in [-0.1, -0.05) is 13.0 Å². The van der Waals surface area contributed by atoms with Crippen molar-refractivity contribution in [3.63, 3.8) is 0 Å². The first kappa shape index (κ1) is 19.5. The SMILES string of the molecule is C[C@@H](O)[C@H]1C(=O)N2C(C(=O)O)=C(S[C@@H]3CN[C@H](C=C4CCNC4=O)C3)[C@H](C)[C@H]12. The van der Waals surface area contributed by atoms with E-state index in [4.69, 9.17) is 0 Å². The van der Waals surface area contributed by atoms with Crippen LogP contribution in [0.2, 0.25) is 0 Å². The molecule has 0 unspecified atom stereocenters. The van der Waals surface area contributed by atoms with Crippen LogP contribution >= 0.6 is 11.8 Å². The van der Waals surface area contributed by atoms with E-state index in [0.717, 1.165) is 18.4 Å². The number of aliphatic hydroxyl groups excluding tert-OH is 1. The molecule has 152 valence electrons. The highest BCUT2D eigenvalue weighted by Crippen LogP contribution is 2.51. The Morgan fingerprint density at radius 2 is 2.14 bits per heavy atom. The number of fused-ring (bicyclic) bond motifs is 1. The van der Waals surface area contributed by atoms with Gasteiger partial charge in [-0.3, -0.25) is 9.59 Å². The van der Waals surface area contributed by atoms with Crippen molar-refractivity contribution >= 4 is 29.5 Å². The molecule has 4 heterocycles. The number of aliphatic hydroxyl groups is 1. The van der Waals surface area contributed by atoms with Gasteiger partial charge in [-0.25, -0.2) is 4.79 Å². The van der Waals surface area contributed by atoms with Crippen molar-refractivity contribution in [3.05, 3.63) is 22.3 Å². The number of carbonyl (C=O) groups excluding carboxylic acids is 2. The quantitative estimate of drug-likeness (QED) is 0.376. The van der Waals surface area contributed by atoms with Gasteiger partial charge in [-0.15, -0.1) is 11.8 Å². The summed E-state index contributed by atoms with van der Waals surface area (Å²) in [6.07, 6.45) is 2.72. The molecule has 4 aliphatic rings. The zero-order valence-electron chi connectivity index (χ0n) is 15.8. The predicted molar refractivity (Wildman–Crippen MR) is 103 cm³/mol. The number of hydrogen-bond acceptors (Lipinski definition) is 6. The summed E-state index contributed by atoms with van der Waals surface area (Å²) in [5, 5.41) is 26.0. The van der Waals surface area contributed by atoms with Crippen LogP contribution in [0.25, 0.3) is 0 Å². The van der Waals surface area contributed by atoms with Crippen LogP contribution in [0.1, 0.15) is 26.7 Å². The van der Waals surface area contributed by atoms with E-state index in [2.05, 4.69) is 10.6 Å². The molecule has 0 spiro atoms. The van der Waals surface area contributed by atoms with E-state index in [0.29, 0.717) is 18.0 Å². The third-order valence-electron chi connectivity index (χ3n) is 6.10. The van der Waals surface area contributed by atoms with Crippen molar-refractivity contribution in [1.29, 1.82) is 0 Å². The summed E-state index contributed by atoms with van der Waals surface area (Å²) in [5.74, 6) is -2.07. The maximum atomic E-state index is 12.4. The zero-order chi connectivity index (χ0) is 20.2. The first-order valence-corrected chi connectivity index (χ1v) is 10.5. The Balaban J connectivity index is 1.49. The second kappa shape index (κ2) is 7.20. The molecule has 4 aliphatic heterocycles. The number of carboxylic acids is 1. The van der Waals surface area contributed by atoms with E-state index < -0.39 is 18.0 Å². The van der Waals surface area contributed by atoms with E-state index in [9.17, 15) is 24.6 Å². The van der Waals surface area contributed by atoms with Crippen LogP contribution in [0, 0.1) is 11.8 Å². The van der Waals surface area contributed by atoms with E-state index in [1.165, 1.54) is 16.7 Å². The van der Waals surface area contributed by atoms with Gasteiger partial charge in [0.2, 0.25) is 11.8 Å². The lowest BCUT2D eigenvalue weighted by atomic mass is 9.79. The molecule has 4 rings (SSSR count). The highest BCUT2D eigenvalue weighted by atomic mass is 32.2. The summed E-state index contributed by atoms with van der Waals surface area (Å²) in [4.78, 5) is 38.1. The van der Waals surface area contributed by atoms with E-state index >= 15 is 0 Å². The van der Waals surface area contributed by atoms with Crippen molar-refractivity contribution in [3.8, 4) is 0 Å². The maximum absolute atomic E-state index is 12.4. The summed E-state index contributed by atoms with van der Waals surface area (Å²) in [5.41, 5.74) is 0.874. The molecular formula is C19H25N3O5S. The van der Waals surface area contributed by atoms with Crippen molar-refractivity contribution in [1.82, 2.24) is 15.5 Å². The number of nitrogens with zero attached hydrogens (tertiary/aromatic N) is 1. The molecule has 0 aromatic rings. The van der Waals surface area contributed by atoms with Crippen molar-refractivity contribution in [2.24, 2.45) is 11.8 Å². The minimum atomic E-state index is -1.10. The van der Waals surface area contributed by atoms with E-state index in [-0.39, 0.29) is 40.8 Å². The number of hydrogen-bond donors (Lipinski definition) is 4. The maximum Gasteiger partial charge on any atom is 0.353 e. The fourth-order valence-corrected chi connectivity index (χ4v) is 6.24. The minimum Gasteiger partial charge on any atom is -0.477 e. The number of carbonyl (C=O) groups is 3. The van der Waals surface area contributed by atoms with Crippen molar-refractivity contribution in [2.75, 3.05) is 13.1 Å². The normalized spacial score (nSPS) is 37.3. The largest absolute Gasteiger partial charge is 0.477 e. The molecule has 8 nitrogen and oxygen atoms in total. The van der Waals surface area contributed by atoms with Gasteiger partial charge in [-0.2, -0.15) is 0 Å². The highest BCUT2D eigenvalue weighted by molar-refractivity contribution is 8.03. The lowest BCUT2D eigenvalue weighted by Gasteiger charge is -2.46. The van der Waals surface area contributed by atoms with Gasteiger partial charge < -0.3 is 25.7 Å². The third kappa shape index (κ3) is 3.05. The van der Waals surface area contributed by atoms with Crippen LogP contribution in [-0.2, 0) is 14.4 Å². The van der Waals surface area contributed by atoms with Crippen LogP contribution in [0.4, 0.5) is 0 Å². The molecule has 0 radical (unpaired) electrons. The molecule has 0 bridgehead atoms. The van der Waals surface area contributed by atoms with Gasteiger partial charge in [0.05, 0.1) is 18.1 Å². The zero-order valence-corrected chi connectivity index (χ0v) is 16.7. The molecule has 3 fully saturated rings. The van der Waals surface area contributed by atoms with Crippen molar-refractivity contribution in [2.45, 2.75) is 50.1 Å². The van der Waals surface area contributed by atoms with Crippen molar-refractivity contribution < 1.29 is 24.6 Å². The first-order chi connectivity index (χ1) is 13.3. The molecule has 0 aromatic carbocycles. The van der Waals surface area contributed by atoms with Crippen LogP contribution < -0.4 is 10.6 Å². The molecule has 0 aliphatic carbocycles. The third-order valence-corrected chi connectivity index (χ3v) is 7.61. The topological polar surface area (TPSA) is 119 Å². The summed E-state index contributed by atoms with van der Waals surface area (Å²) in [6, 6.07) is -0.193. The fourth-order valence-electron chi connectivity index (χ4n) is 4.75. The predicted octanol–water partition coefficient (Wildman–Crippen LogP) is 0.0501. The summed E-state index contributed by atoms with van der Waals surface area (Å²) in [7, 11) is 0. The number of amides is 2. The van der Waals surface area contributed by atoms with E-state index in [1.54, 1.807) is 6.92 Å². The molecular weight excluding hydrogens is 382 g/mol. The summed E-state index contributed by atoms with van der Waals surface area (Å²) >= 11 is 1.52. The average molecular weight is 407 g/mol. The smallest absolute Gasteiger partial charge is 0.353 e. The second-order valence-corrected chi connectivity index (χ2v) is 9.30. The Hall–Kier alpha value is -1.84. The van der Waals surface area contributed by atoms with Crippen LogP contribution in [-0.4, -0.2) is 69.4 Å². The molecule has 0 aromatic heterocycles. The Morgan fingerprint density at radius 3 is 2.75 bits per heavy atom. The van der Waals surface area contributed by atoms with Gasteiger partial charge in [0.1, 0.15) is 5.70 Å². The van der Waals surface area contributed by atoms with Gasteiger partial charge >= 0.3 is 5.97 Å². The Bertz CT molecular complexity index is 792. The highest BCUT2D eigenvalue weighted by Gasteiger charge is 2.60. The average Bonchev–Trinajstić information content (AvgIpc) is 3.28. The second-order valence-electron chi connectivity index (χ2n) is 7.96. The Morgan fingerprint density at radius 1 is 1.39 bits per heavy atom. The molecule has 3 saturated heterocycles. The summed E-state index contributed by atoms with van der Waals surface area (Å²) in [6.45, 7) is 4.90. The van der Waals surface area contributed by atoms with Crippen LogP contribution in [0.3, 0.4) is 0 Å². The monoisotopic (exact) mass is 407 g/mol. The number of nitrogens with one attached hydrogen (secondary N) is 2. The Kier molecular flexibility index (Phi) is 5.01. The number of thioether (sulfide) groups is 1. The van der Waals surface area contributed by atoms with Gasteiger partial charge in [0, 0.05) is 40.8 Å². The fraction of sp³-hybridized carbons (Fsp3) is 0.632. The minimum absolute atomic E-state index is 0.00903. The number of β-lactam (4-membered cyclic amide) rings is 1. The molecule has 28 heavy (non-hydrogen) atoms. The van der Waals surface area contributed by atoms with Gasteiger partial charge in [0.25, 0.3) is 0 Å². The lowest BCUT2D eigenvalue weighted by molar-refractivity contribution is -0.163. The summed E-state index contributed by atoms with van der Waals surface area (Å²) < 4.78 is 0. The first-order valence-electron chi connectivity index (χ1n) is 9.67. The number of rotatable bonds is 5. The van der Waals surface area contributed by atoms with E-state index in [1.807, 2.05) is 13.0 Å². The standard InChI is InChI=1S/C19H25N3O5S/c1-8-14-13(9(2)23)18(25)22(14)15(19(26)27)16(8)28-12-6-11(21-7-12)5-10-3-4-20-17(10)24/h5,8-9,11-14,21,23H,3-4,6-7H2,1-2H3,(H,20,24)(H,26,27)/t8-,9-,11-,12+,13-,14-/m1/s1. The Labute approximate surface area is 167 Å². The van der Waals surface area contributed by atoms with Crippen LogP contribution in [0.15, 0.2) is 22.3 Å². The number of carboxylic acid groups (broad SMARTS) is 1. The molecule has 2 amide bonds. The molecule has 9 heteroatoms. The molecule has 4 N–H and O–H groups in total.